The summed E-state index contributed by atoms with van der Waals surface area (Å²) in [6, 6.07) is 18.5. The molecule has 0 bridgehead atoms. The predicted octanol–water partition coefficient (Wildman–Crippen LogP) is 5.28. The highest BCUT2D eigenvalue weighted by atomic mass is 35.5. The Morgan fingerprint density at radius 2 is 1.67 bits per heavy atom. The van der Waals surface area contributed by atoms with Gasteiger partial charge in [0.15, 0.2) is 0 Å². The SMILES string of the molecule is CCCCNC(=O)[C@H](C)N(Cc1cccc(OC)c1)C(=O)CN(c1ccc(OCC)cc1)S(=O)(=O)c1ccc(Cl)cc1. The van der Waals surface area contributed by atoms with E-state index in [2.05, 4.69) is 5.32 Å². The lowest BCUT2D eigenvalue weighted by Crippen LogP contribution is -2.51. The highest BCUT2D eigenvalue weighted by Gasteiger charge is 2.32. The molecule has 3 rings (SSSR count). The second kappa shape index (κ2) is 15.5. The number of carbonyl (C=O) groups excluding carboxylic acids is 2. The molecular weight excluding hydrogens is 578 g/mol. The van der Waals surface area contributed by atoms with Crippen LogP contribution in [0.5, 0.6) is 11.5 Å². The van der Waals surface area contributed by atoms with Crippen LogP contribution in [0.4, 0.5) is 5.69 Å². The van der Waals surface area contributed by atoms with Gasteiger partial charge in [-0.2, -0.15) is 0 Å². The van der Waals surface area contributed by atoms with Gasteiger partial charge in [0.05, 0.1) is 24.3 Å². The van der Waals surface area contributed by atoms with Crippen LogP contribution in [0.15, 0.2) is 77.7 Å². The smallest absolute Gasteiger partial charge is 0.264 e. The number of hydrogen-bond acceptors (Lipinski definition) is 6. The second-order valence-electron chi connectivity index (χ2n) is 9.59. The highest BCUT2D eigenvalue weighted by Crippen LogP contribution is 2.27. The molecule has 0 fully saturated rings. The topological polar surface area (TPSA) is 105 Å². The van der Waals surface area contributed by atoms with Gasteiger partial charge in [0.1, 0.15) is 24.1 Å². The molecule has 0 spiro atoms. The van der Waals surface area contributed by atoms with E-state index in [0.717, 1.165) is 22.7 Å². The molecule has 3 aromatic rings. The van der Waals surface area contributed by atoms with Gasteiger partial charge in [-0.1, -0.05) is 37.1 Å². The van der Waals surface area contributed by atoms with Crippen LogP contribution in [0.25, 0.3) is 0 Å². The van der Waals surface area contributed by atoms with Crippen LogP contribution in [0.1, 0.15) is 39.2 Å². The number of methoxy groups -OCH3 is 1. The van der Waals surface area contributed by atoms with Crippen LogP contribution in [0.3, 0.4) is 0 Å². The maximum Gasteiger partial charge on any atom is 0.264 e. The van der Waals surface area contributed by atoms with Crippen molar-refractivity contribution in [3.63, 3.8) is 0 Å². The summed E-state index contributed by atoms with van der Waals surface area (Å²) in [4.78, 5) is 28.5. The maximum absolute atomic E-state index is 14.0. The minimum absolute atomic E-state index is 0.0294. The Balaban J connectivity index is 2.01. The molecule has 0 aliphatic carbocycles. The van der Waals surface area contributed by atoms with Gasteiger partial charge in [0, 0.05) is 18.1 Å². The zero-order valence-corrected chi connectivity index (χ0v) is 26.0. The molecule has 2 amide bonds. The molecule has 0 unspecified atom stereocenters. The van der Waals surface area contributed by atoms with Gasteiger partial charge in [-0.15, -0.1) is 0 Å². The van der Waals surface area contributed by atoms with Crippen molar-refractivity contribution in [3.8, 4) is 11.5 Å². The van der Waals surface area contributed by atoms with Crippen molar-refractivity contribution in [3.05, 3.63) is 83.4 Å². The maximum atomic E-state index is 14.0. The zero-order valence-electron chi connectivity index (χ0n) is 24.4. The van der Waals surface area contributed by atoms with E-state index in [1.807, 2.05) is 19.9 Å². The number of nitrogens with zero attached hydrogens (tertiary/aromatic N) is 2. The fraction of sp³-hybridized carbons (Fsp3) is 0.355. The molecule has 226 valence electrons. The molecule has 0 saturated carbocycles. The van der Waals surface area contributed by atoms with E-state index in [0.29, 0.717) is 29.7 Å². The fourth-order valence-electron chi connectivity index (χ4n) is 4.22. The molecule has 0 aromatic heterocycles. The largest absolute Gasteiger partial charge is 0.497 e. The van der Waals surface area contributed by atoms with Crippen LogP contribution in [-0.2, 0) is 26.2 Å². The van der Waals surface area contributed by atoms with Crippen LogP contribution in [0, 0.1) is 0 Å². The van der Waals surface area contributed by atoms with E-state index in [-0.39, 0.29) is 23.0 Å². The van der Waals surface area contributed by atoms with E-state index in [9.17, 15) is 18.0 Å². The molecule has 9 nitrogen and oxygen atoms in total. The molecule has 1 atom stereocenters. The summed E-state index contributed by atoms with van der Waals surface area (Å²) in [5.41, 5.74) is 0.993. The number of sulfonamides is 1. The van der Waals surface area contributed by atoms with E-state index in [1.54, 1.807) is 56.5 Å². The minimum atomic E-state index is -4.21. The van der Waals surface area contributed by atoms with Crippen LogP contribution >= 0.6 is 11.6 Å². The summed E-state index contributed by atoms with van der Waals surface area (Å²) in [5, 5.41) is 3.26. The Morgan fingerprint density at radius 1 is 0.976 bits per heavy atom. The molecule has 42 heavy (non-hydrogen) atoms. The molecule has 0 saturated heterocycles. The molecule has 0 heterocycles. The van der Waals surface area contributed by atoms with E-state index >= 15 is 0 Å². The summed E-state index contributed by atoms with van der Waals surface area (Å²) in [6.45, 7) is 5.94. The quantitative estimate of drug-likeness (QED) is 0.233. The molecule has 11 heteroatoms. The van der Waals surface area contributed by atoms with Gasteiger partial charge in [0.2, 0.25) is 11.8 Å². The van der Waals surface area contributed by atoms with E-state index in [1.165, 1.54) is 29.2 Å². The van der Waals surface area contributed by atoms with Gasteiger partial charge in [0.25, 0.3) is 10.0 Å². The van der Waals surface area contributed by atoms with Gasteiger partial charge in [-0.3, -0.25) is 13.9 Å². The third-order valence-corrected chi connectivity index (χ3v) is 8.64. The third-order valence-electron chi connectivity index (χ3n) is 6.60. The Hall–Kier alpha value is -3.76. The molecule has 0 aliphatic rings. The average Bonchev–Trinajstić information content (AvgIpc) is 2.99. The molecule has 0 aliphatic heterocycles. The van der Waals surface area contributed by atoms with Crippen molar-refractivity contribution in [2.75, 3.05) is 31.1 Å². The third kappa shape index (κ3) is 8.62. The Kier molecular flexibility index (Phi) is 12.1. The van der Waals surface area contributed by atoms with Gasteiger partial charge < -0.3 is 19.7 Å². The second-order valence-corrected chi connectivity index (χ2v) is 11.9. The number of nitrogens with one attached hydrogen (secondary N) is 1. The number of unbranched alkanes of at least 4 members (excludes halogenated alkanes) is 1. The number of amides is 2. The van der Waals surface area contributed by atoms with Crippen LogP contribution in [0.2, 0.25) is 5.02 Å². The Bertz CT molecular complexity index is 1430. The first-order chi connectivity index (χ1) is 20.1. The molecule has 1 N–H and O–H groups in total. The first-order valence-corrected chi connectivity index (χ1v) is 15.6. The number of benzene rings is 3. The van der Waals surface area contributed by atoms with Crippen molar-refractivity contribution in [1.82, 2.24) is 10.2 Å². The van der Waals surface area contributed by atoms with Gasteiger partial charge >= 0.3 is 0 Å². The van der Waals surface area contributed by atoms with Crippen molar-refractivity contribution in [2.45, 2.75) is 51.1 Å². The van der Waals surface area contributed by atoms with E-state index < -0.39 is 28.5 Å². The van der Waals surface area contributed by atoms with E-state index in [4.69, 9.17) is 21.1 Å². The van der Waals surface area contributed by atoms with Gasteiger partial charge in [-0.05, 0) is 86.5 Å². The minimum Gasteiger partial charge on any atom is -0.497 e. The lowest BCUT2D eigenvalue weighted by Gasteiger charge is -2.32. The van der Waals surface area contributed by atoms with Gasteiger partial charge in [-0.25, -0.2) is 8.42 Å². The number of rotatable bonds is 15. The number of anilines is 1. The summed E-state index contributed by atoms with van der Waals surface area (Å²) in [7, 11) is -2.66. The number of halogens is 1. The summed E-state index contributed by atoms with van der Waals surface area (Å²) >= 11 is 6.01. The lowest BCUT2D eigenvalue weighted by atomic mass is 10.1. The molecular formula is C31H38ClN3O6S. The predicted molar refractivity (Wildman–Crippen MR) is 165 cm³/mol. The van der Waals surface area contributed by atoms with Crippen molar-refractivity contribution >= 4 is 39.1 Å². The fourth-order valence-corrected chi connectivity index (χ4v) is 5.76. The van der Waals surface area contributed by atoms with Crippen molar-refractivity contribution < 1.29 is 27.5 Å². The summed E-state index contributed by atoms with van der Waals surface area (Å²) < 4.78 is 39.7. The normalized spacial score (nSPS) is 11.8. The summed E-state index contributed by atoms with van der Waals surface area (Å²) in [6.07, 6.45) is 1.70. The number of carbonyl (C=O) groups is 2. The summed E-state index contributed by atoms with van der Waals surface area (Å²) in [5.74, 6) is 0.282. The first kappa shape index (κ1) is 32.8. The highest BCUT2D eigenvalue weighted by molar-refractivity contribution is 7.92. The van der Waals surface area contributed by atoms with Crippen LogP contribution < -0.4 is 19.1 Å². The van der Waals surface area contributed by atoms with Crippen molar-refractivity contribution in [2.24, 2.45) is 0 Å². The average molecular weight is 616 g/mol. The lowest BCUT2D eigenvalue weighted by molar-refractivity contribution is -0.139. The molecule has 0 radical (unpaired) electrons. The Labute approximate surface area is 253 Å². The zero-order chi connectivity index (χ0) is 30.7. The number of ether oxygens (including phenoxy) is 2. The first-order valence-electron chi connectivity index (χ1n) is 13.8. The number of hydrogen-bond donors (Lipinski definition) is 1. The standard InChI is InChI=1S/C31H38ClN3O6S/c1-5-7-19-33-31(37)23(3)34(21-24-9-8-10-28(20-24)40-4)30(36)22-35(26-13-15-27(16-14-26)41-6-2)42(38,39)29-17-11-25(32)12-18-29/h8-18,20,23H,5-7,19,21-22H2,1-4H3,(H,33,37)/t23-/m0/s1. The van der Waals surface area contributed by atoms with Crippen molar-refractivity contribution in [1.29, 1.82) is 0 Å². The monoisotopic (exact) mass is 615 g/mol. The van der Waals surface area contributed by atoms with Crippen LogP contribution in [-0.4, -0.2) is 58.0 Å². The Morgan fingerprint density at radius 3 is 2.29 bits per heavy atom. The molecule has 3 aromatic carbocycles.